The Morgan fingerprint density at radius 2 is 1.96 bits per heavy atom. The number of aromatic nitrogens is 3. The quantitative estimate of drug-likeness (QED) is 0.472. The Labute approximate surface area is 160 Å². The third-order valence-electron chi connectivity index (χ3n) is 3.83. The van der Waals surface area contributed by atoms with Crippen molar-refractivity contribution in [1.82, 2.24) is 20.4 Å². The lowest BCUT2D eigenvalue weighted by molar-refractivity contribution is -0.383. The van der Waals surface area contributed by atoms with E-state index in [9.17, 15) is 14.9 Å². The molecule has 1 aromatic carbocycles. The van der Waals surface area contributed by atoms with E-state index in [4.69, 9.17) is 0 Å². The fraction of sp³-hybridized carbons (Fsp3) is 0.111. The number of amides is 1. The van der Waals surface area contributed by atoms with Crippen LogP contribution in [0, 0.1) is 10.1 Å². The average Bonchev–Trinajstić information content (AvgIpc) is 2.72. The smallest absolute Gasteiger partial charge is 0.349 e. The molecule has 2 heterocycles. The monoisotopic (exact) mass is 379 g/mol. The highest BCUT2D eigenvalue weighted by Crippen LogP contribution is 2.31. The molecular weight excluding hydrogens is 362 g/mol. The largest absolute Gasteiger partial charge is 0.355 e. The van der Waals surface area contributed by atoms with Crippen LogP contribution in [0.25, 0.3) is 0 Å². The molecule has 0 unspecified atom stereocenters. The Kier molecular flexibility index (Phi) is 5.70. The molecule has 0 aliphatic carbocycles. The van der Waals surface area contributed by atoms with Crippen LogP contribution >= 0.6 is 0 Å². The highest BCUT2D eigenvalue weighted by Gasteiger charge is 2.26. The lowest BCUT2D eigenvalue weighted by atomic mass is 10.2. The molecule has 3 rings (SSSR count). The number of hydrogen-bond acceptors (Lipinski definition) is 8. The van der Waals surface area contributed by atoms with E-state index < -0.39 is 10.8 Å². The summed E-state index contributed by atoms with van der Waals surface area (Å²) in [5.41, 5.74) is 5.82. The van der Waals surface area contributed by atoms with E-state index in [1.807, 2.05) is 30.3 Å². The van der Waals surface area contributed by atoms with Crippen LogP contribution in [0.2, 0.25) is 0 Å². The van der Waals surface area contributed by atoms with Crippen LogP contribution in [0.4, 0.5) is 17.3 Å². The Balaban J connectivity index is 1.81. The fourth-order valence-corrected chi connectivity index (χ4v) is 2.53. The normalized spacial score (nSPS) is 10.2. The minimum Gasteiger partial charge on any atom is -0.349 e. The number of nitrogens with zero attached hydrogens (tertiary/aromatic N) is 5. The van der Waals surface area contributed by atoms with Crippen molar-refractivity contribution in [1.29, 1.82) is 0 Å². The third-order valence-corrected chi connectivity index (χ3v) is 3.83. The molecule has 0 saturated carbocycles. The van der Waals surface area contributed by atoms with Crippen LogP contribution in [0.1, 0.15) is 15.9 Å². The number of hydrazine groups is 1. The number of rotatable bonds is 7. The summed E-state index contributed by atoms with van der Waals surface area (Å²) < 4.78 is 0. The van der Waals surface area contributed by atoms with E-state index in [2.05, 4.69) is 25.8 Å². The first-order chi connectivity index (χ1) is 13.6. The number of nitro groups is 1. The van der Waals surface area contributed by atoms with Gasteiger partial charge < -0.3 is 4.90 Å². The zero-order valence-corrected chi connectivity index (χ0v) is 14.9. The standard InChI is InChI=1S/C18H17N7O3/c1-24(11-13-6-3-2-4-7-13)17-15(25(27)28)16(20-12-21-17)22-23-18(26)14-8-5-9-19-10-14/h2-10,12H,11H2,1H3,(H,23,26)(H,20,21,22). The Morgan fingerprint density at radius 3 is 2.64 bits per heavy atom. The molecule has 0 aliphatic heterocycles. The van der Waals surface area contributed by atoms with E-state index in [-0.39, 0.29) is 17.3 Å². The predicted molar refractivity (Wildman–Crippen MR) is 103 cm³/mol. The van der Waals surface area contributed by atoms with E-state index in [1.165, 1.54) is 18.7 Å². The number of hydrogen-bond donors (Lipinski definition) is 2. The van der Waals surface area contributed by atoms with Crippen molar-refractivity contribution in [3.8, 4) is 0 Å². The van der Waals surface area contributed by atoms with E-state index >= 15 is 0 Å². The van der Waals surface area contributed by atoms with Gasteiger partial charge in [0.2, 0.25) is 11.6 Å². The molecule has 1 amide bonds. The molecule has 0 radical (unpaired) electrons. The van der Waals surface area contributed by atoms with E-state index in [0.717, 1.165) is 5.56 Å². The van der Waals surface area contributed by atoms with Gasteiger partial charge in [-0.05, 0) is 17.7 Å². The second-order valence-corrected chi connectivity index (χ2v) is 5.81. The zero-order chi connectivity index (χ0) is 19.9. The van der Waals surface area contributed by atoms with Crippen molar-refractivity contribution in [2.24, 2.45) is 0 Å². The zero-order valence-electron chi connectivity index (χ0n) is 14.9. The molecule has 28 heavy (non-hydrogen) atoms. The Bertz CT molecular complexity index is 967. The summed E-state index contributed by atoms with van der Waals surface area (Å²) in [6, 6.07) is 12.7. The maximum Gasteiger partial charge on any atom is 0.355 e. The third kappa shape index (κ3) is 4.36. The van der Waals surface area contributed by atoms with Crippen molar-refractivity contribution >= 4 is 23.2 Å². The molecule has 0 spiro atoms. The van der Waals surface area contributed by atoms with Crippen LogP contribution in [-0.4, -0.2) is 32.8 Å². The van der Waals surface area contributed by atoms with Crippen molar-refractivity contribution in [2.45, 2.75) is 6.54 Å². The lowest BCUT2D eigenvalue weighted by Gasteiger charge is -2.19. The van der Waals surface area contributed by atoms with Gasteiger partial charge in [0.1, 0.15) is 6.33 Å². The molecule has 10 nitrogen and oxygen atoms in total. The number of anilines is 2. The molecule has 142 valence electrons. The summed E-state index contributed by atoms with van der Waals surface area (Å²) >= 11 is 0. The van der Waals surface area contributed by atoms with E-state index in [1.54, 1.807) is 24.1 Å². The maximum atomic E-state index is 12.1. The molecule has 0 aliphatic rings. The van der Waals surface area contributed by atoms with Crippen LogP contribution in [0.3, 0.4) is 0 Å². The van der Waals surface area contributed by atoms with Gasteiger partial charge in [0.05, 0.1) is 10.5 Å². The van der Waals surface area contributed by atoms with Gasteiger partial charge in [-0.15, -0.1) is 0 Å². The van der Waals surface area contributed by atoms with Gasteiger partial charge in [-0.3, -0.25) is 30.7 Å². The minimum atomic E-state index is -0.588. The van der Waals surface area contributed by atoms with Gasteiger partial charge in [-0.25, -0.2) is 9.97 Å². The predicted octanol–water partition coefficient (Wildman–Crippen LogP) is 2.17. The summed E-state index contributed by atoms with van der Waals surface area (Å²) in [6.07, 6.45) is 4.11. The first kappa shape index (κ1) is 18.7. The fourth-order valence-electron chi connectivity index (χ4n) is 2.53. The second kappa shape index (κ2) is 8.54. The topological polar surface area (TPSA) is 126 Å². The van der Waals surface area contributed by atoms with Crippen molar-refractivity contribution in [3.63, 3.8) is 0 Å². The van der Waals surface area contributed by atoms with Crippen molar-refractivity contribution < 1.29 is 9.72 Å². The minimum absolute atomic E-state index is 0.118. The molecule has 2 aromatic heterocycles. The van der Waals surface area contributed by atoms with Gasteiger partial charge in [0.25, 0.3) is 5.91 Å². The molecule has 10 heteroatoms. The summed E-state index contributed by atoms with van der Waals surface area (Å²) in [5.74, 6) is -0.491. The SMILES string of the molecule is CN(Cc1ccccc1)c1ncnc(NNC(=O)c2cccnc2)c1[N+](=O)[O-]. The van der Waals surface area contributed by atoms with Crippen LogP contribution in [0.15, 0.2) is 61.2 Å². The molecule has 3 aromatic rings. The number of carbonyl (C=O) groups excluding carboxylic acids is 1. The van der Waals surface area contributed by atoms with E-state index in [0.29, 0.717) is 12.1 Å². The average molecular weight is 379 g/mol. The maximum absolute atomic E-state index is 12.1. The molecule has 0 atom stereocenters. The van der Waals surface area contributed by atoms with Crippen molar-refractivity contribution in [3.05, 3.63) is 82.4 Å². The summed E-state index contributed by atoms with van der Waals surface area (Å²) in [6.45, 7) is 0.417. The van der Waals surface area contributed by atoms with Gasteiger partial charge in [-0.2, -0.15) is 0 Å². The van der Waals surface area contributed by atoms with Gasteiger partial charge in [0, 0.05) is 26.0 Å². The van der Waals surface area contributed by atoms with Crippen LogP contribution < -0.4 is 15.8 Å². The number of nitrogens with one attached hydrogen (secondary N) is 2. The van der Waals surface area contributed by atoms with Gasteiger partial charge >= 0.3 is 5.69 Å². The Hall–Kier alpha value is -4.08. The van der Waals surface area contributed by atoms with Crippen molar-refractivity contribution in [2.75, 3.05) is 17.4 Å². The first-order valence-electron chi connectivity index (χ1n) is 8.27. The Morgan fingerprint density at radius 1 is 1.18 bits per heavy atom. The highest BCUT2D eigenvalue weighted by atomic mass is 16.6. The molecule has 2 N–H and O–H groups in total. The molecular formula is C18H17N7O3. The second-order valence-electron chi connectivity index (χ2n) is 5.81. The van der Waals surface area contributed by atoms with Gasteiger partial charge in [-0.1, -0.05) is 30.3 Å². The highest BCUT2D eigenvalue weighted by molar-refractivity contribution is 5.94. The number of pyridine rings is 1. The summed E-state index contributed by atoms with van der Waals surface area (Å²) in [5, 5.41) is 11.7. The van der Waals surface area contributed by atoms with Crippen LogP contribution in [0.5, 0.6) is 0 Å². The molecule has 0 saturated heterocycles. The molecule has 0 bridgehead atoms. The van der Waals surface area contributed by atoms with Gasteiger partial charge in [0.15, 0.2) is 0 Å². The summed E-state index contributed by atoms with van der Waals surface area (Å²) in [4.78, 5) is 36.6. The first-order valence-corrected chi connectivity index (χ1v) is 8.27. The van der Waals surface area contributed by atoms with Crippen LogP contribution in [-0.2, 0) is 6.54 Å². The lowest BCUT2D eigenvalue weighted by Crippen LogP contribution is -2.30. The summed E-state index contributed by atoms with van der Waals surface area (Å²) in [7, 11) is 1.69. The number of benzene rings is 1. The number of carbonyl (C=O) groups is 1. The molecule has 0 fully saturated rings.